The molecule has 1 aliphatic rings. The quantitative estimate of drug-likeness (QED) is 0.745. The zero-order valence-electron chi connectivity index (χ0n) is 10.3. The van der Waals surface area contributed by atoms with Crippen molar-refractivity contribution in [1.82, 2.24) is 10.2 Å². The van der Waals surface area contributed by atoms with Gasteiger partial charge in [-0.25, -0.2) is 0 Å². The molecule has 2 unspecified atom stereocenters. The number of nitrogens with one attached hydrogen (secondary N) is 1. The van der Waals surface area contributed by atoms with Gasteiger partial charge in [-0.3, -0.25) is 9.59 Å². The van der Waals surface area contributed by atoms with Crippen molar-refractivity contribution in [3.05, 3.63) is 0 Å². The van der Waals surface area contributed by atoms with E-state index in [1.54, 1.807) is 18.7 Å². The normalized spacial score (nSPS) is 26.2. The summed E-state index contributed by atoms with van der Waals surface area (Å²) in [6, 6.07) is -0.831. The highest BCUT2D eigenvalue weighted by Gasteiger charge is 2.35. The molecule has 92 valence electrons. The third-order valence-electron chi connectivity index (χ3n) is 2.64. The van der Waals surface area contributed by atoms with Crippen molar-refractivity contribution in [2.75, 3.05) is 13.2 Å². The van der Waals surface area contributed by atoms with Gasteiger partial charge in [-0.05, 0) is 27.7 Å². The summed E-state index contributed by atoms with van der Waals surface area (Å²) in [6.07, 6.45) is 0.140. The van der Waals surface area contributed by atoms with Crippen molar-refractivity contribution < 1.29 is 14.3 Å². The lowest BCUT2D eigenvalue weighted by Gasteiger charge is -2.36. The third-order valence-corrected chi connectivity index (χ3v) is 2.64. The molecule has 5 heteroatoms. The molecule has 0 aromatic carbocycles. The molecule has 0 aromatic heterocycles. The van der Waals surface area contributed by atoms with Crippen LogP contribution in [-0.4, -0.2) is 48.1 Å². The number of piperazine rings is 1. The Hall–Kier alpha value is -1.10. The van der Waals surface area contributed by atoms with Crippen molar-refractivity contribution in [2.45, 2.75) is 45.9 Å². The molecule has 0 aromatic rings. The lowest BCUT2D eigenvalue weighted by molar-refractivity contribution is -0.149. The van der Waals surface area contributed by atoms with Crippen molar-refractivity contribution in [3.63, 3.8) is 0 Å². The summed E-state index contributed by atoms with van der Waals surface area (Å²) in [4.78, 5) is 24.9. The number of carbonyl (C=O) groups excluding carboxylic acids is 2. The van der Waals surface area contributed by atoms with Crippen molar-refractivity contribution >= 4 is 11.8 Å². The highest BCUT2D eigenvalue weighted by Crippen LogP contribution is 2.09. The van der Waals surface area contributed by atoms with Crippen LogP contribution in [0.3, 0.4) is 0 Å². The minimum absolute atomic E-state index is 0.0422. The van der Waals surface area contributed by atoms with E-state index in [1.807, 2.05) is 13.8 Å². The molecule has 0 spiro atoms. The van der Waals surface area contributed by atoms with Gasteiger partial charge in [0.1, 0.15) is 12.1 Å². The van der Waals surface area contributed by atoms with E-state index in [-0.39, 0.29) is 17.9 Å². The molecule has 0 aliphatic carbocycles. The summed E-state index contributed by atoms with van der Waals surface area (Å²) >= 11 is 0. The smallest absolute Gasteiger partial charge is 0.245 e. The Balaban J connectivity index is 2.54. The van der Waals surface area contributed by atoms with Crippen LogP contribution >= 0.6 is 0 Å². The van der Waals surface area contributed by atoms with Crippen LogP contribution in [0.25, 0.3) is 0 Å². The fourth-order valence-electron chi connectivity index (χ4n) is 1.67. The summed E-state index contributed by atoms with van der Waals surface area (Å²) in [5.41, 5.74) is 0. The minimum Gasteiger partial charge on any atom is -0.377 e. The van der Waals surface area contributed by atoms with Crippen molar-refractivity contribution in [3.8, 4) is 0 Å². The Morgan fingerprint density at radius 2 is 2.00 bits per heavy atom. The topological polar surface area (TPSA) is 58.6 Å². The highest BCUT2D eigenvalue weighted by molar-refractivity contribution is 5.96. The van der Waals surface area contributed by atoms with E-state index >= 15 is 0 Å². The van der Waals surface area contributed by atoms with E-state index in [4.69, 9.17) is 4.74 Å². The molecule has 1 aliphatic heterocycles. The predicted molar refractivity (Wildman–Crippen MR) is 59.9 cm³/mol. The van der Waals surface area contributed by atoms with E-state index in [0.717, 1.165) is 0 Å². The number of carbonyl (C=O) groups is 2. The minimum atomic E-state index is -0.428. The molecule has 1 N–H and O–H groups in total. The van der Waals surface area contributed by atoms with Gasteiger partial charge in [0.05, 0.1) is 12.7 Å². The first-order chi connectivity index (χ1) is 7.43. The van der Waals surface area contributed by atoms with Gasteiger partial charge in [0.25, 0.3) is 0 Å². The predicted octanol–water partition coefficient (Wildman–Crippen LogP) is 0.147. The van der Waals surface area contributed by atoms with Crippen LogP contribution in [0.2, 0.25) is 0 Å². The third kappa shape index (κ3) is 2.95. The largest absolute Gasteiger partial charge is 0.377 e. The summed E-state index contributed by atoms with van der Waals surface area (Å²) in [5.74, 6) is -0.142. The summed E-state index contributed by atoms with van der Waals surface area (Å²) in [5, 5.41) is 2.64. The fourth-order valence-corrected chi connectivity index (χ4v) is 1.67. The van der Waals surface area contributed by atoms with Crippen LogP contribution in [0, 0.1) is 0 Å². The SMILES string of the molecule is CC(C)OCCN1C(=O)C(C)NC(=O)C1C. The van der Waals surface area contributed by atoms with Gasteiger partial charge in [0.15, 0.2) is 0 Å². The van der Waals surface area contributed by atoms with E-state index in [0.29, 0.717) is 13.2 Å². The molecule has 1 rings (SSSR count). The maximum absolute atomic E-state index is 11.8. The zero-order valence-corrected chi connectivity index (χ0v) is 10.3. The molecule has 0 bridgehead atoms. The number of hydrogen-bond acceptors (Lipinski definition) is 3. The number of hydrogen-bond donors (Lipinski definition) is 1. The van der Waals surface area contributed by atoms with Gasteiger partial charge in [0.2, 0.25) is 11.8 Å². The number of ether oxygens (including phenoxy) is 1. The molecule has 0 radical (unpaired) electrons. The van der Waals surface area contributed by atoms with Gasteiger partial charge in [-0.1, -0.05) is 0 Å². The summed E-state index contributed by atoms with van der Waals surface area (Å²) in [7, 11) is 0. The van der Waals surface area contributed by atoms with Crippen LogP contribution in [0.1, 0.15) is 27.7 Å². The molecule has 2 atom stereocenters. The Bertz CT molecular complexity index is 278. The average Bonchev–Trinajstić information content (AvgIpc) is 2.20. The highest BCUT2D eigenvalue weighted by atomic mass is 16.5. The van der Waals surface area contributed by atoms with Crippen LogP contribution in [0.4, 0.5) is 0 Å². The monoisotopic (exact) mass is 228 g/mol. The summed E-state index contributed by atoms with van der Waals surface area (Å²) < 4.78 is 5.39. The first kappa shape index (κ1) is 13.0. The molecule has 1 saturated heterocycles. The molecule has 0 saturated carbocycles. The standard InChI is InChI=1S/C11H20N2O3/c1-7(2)16-6-5-13-9(4)10(14)12-8(3)11(13)15/h7-9H,5-6H2,1-4H3,(H,12,14). The van der Waals surface area contributed by atoms with E-state index < -0.39 is 12.1 Å². The molecule has 1 fully saturated rings. The Morgan fingerprint density at radius 3 is 2.56 bits per heavy atom. The van der Waals surface area contributed by atoms with Crippen LogP contribution in [0.5, 0.6) is 0 Å². The first-order valence-corrected chi connectivity index (χ1v) is 5.66. The van der Waals surface area contributed by atoms with Crippen molar-refractivity contribution in [1.29, 1.82) is 0 Å². The second-order valence-corrected chi connectivity index (χ2v) is 4.36. The van der Waals surface area contributed by atoms with Gasteiger partial charge in [-0.15, -0.1) is 0 Å². The summed E-state index contributed by atoms with van der Waals surface area (Å²) in [6.45, 7) is 8.24. The van der Waals surface area contributed by atoms with Gasteiger partial charge < -0.3 is 15.0 Å². The van der Waals surface area contributed by atoms with Crippen LogP contribution in [0.15, 0.2) is 0 Å². The number of rotatable bonds is 4. The maximum Gasteiger partial charge on any atom is 0.245 e. The second kappa shape index (κ2) is 5.30. The lowest BCUT2D eigenvalue weighted by Crippen LogP contribution is -2.61. The van der Waals surface area contributed by atoms with Crippen molar-refractivity contribution in [2.24, 2.45) is 0 Å². The Morgan fingerprint density at radius 1 is 1.38 bits per heavy atom. The van der Waals surface area contributed by atoms with Gasteiger partial charge in [0, 0.05) is 6.54 Å². The lowest BCUT2D eigenvalue weighted by atomic mass is 10.1. The zero-order chi connectivity index (χ0) is 12.3. The van der Waals surface area contributed by atoms with E-state index in [1.165, 1.54) is 0 Å². The Kier molecular flexibility index (Phi) is 4.29. The maximum atomic E-state index is 11.8. The molecule has 1 heterocycles. The fraction of sp³-hybridized carbons (Fsp3) is 0.818. The number of nitrogens with zero attached hydrogens (tertiary/aromatic N) is 1. The first-order valence-electron chi connectivity index (χ1n) is 5.66. The second-order valence-electron chi connectivity index (χ2n) is 4.36. The number of amides is 2. The molecular formula is C11H20N2O3. The molecule has 16 heavy (non-hydrogen) atoms. The molecular weight excluding hydrogens is 208 g/mol. The average molecular weight is 228 g/mol. The van der Waals surface area contributed by atoms with E-state index in [9.17, 15) is 9.59 Å². The van der Waals surface area contributed by atoms with Crippen LogP contribution in [-0.2, 0) is 14.3 Å². The molecule has 2 amide bonds. The Labute approximate surface area is 96.1 Å². The van der Waals surface area contributed by atoms with Gasteiger partial charge >= 0.3 is 0 Å². The van der Waals surface area contributed by atoms with Crippen LogP contribution < -0.4 is 5.32 Å². The van der Waals surface area contributed by atoms with Gasteiger partial charge in [-0.2, -0.15) is 0 Å². The molecule has 5 nitrogen and oxygen atoms in total. The van der Waals surface area contributed by atoms with E-state index in [2.05, 4.69) is 5.32 Å².